The van der Waals surface area contributed by atoms with Gasteiger partial charge in [0.15, 0.2) is 0 Å². The molecule has 0 unspecified atom stereocenters. The number of aryl methyl sites for hydroxylation is 2. The molecule has 0 bridgehead atoms. The Balaban J connectivity index is 1.60. The molecule has 0 spiro atoms. The lowest BCUT2D eigenvalue weighted by Gasteiger charge is -2.31. The highest BCUT2D eigenvalue weighted by molar-refractivity contribution is 5.90. The van der Waals surface area contributed by atoms with Gasteiger partial charge in [-0.3, -0.25) is 0 Å². The summed E-state index contributed by atoms with van der Waals surface area (Å²) >= 11 is 0. The summed E-state index contributed by atoms with van der Waals surface area (Å²) in [6, 6.07) is 28.7. The van der Waals surface area contributed by atoms with Crippen molar-refractivity contribution < 1.29 is 4.79 Å². The Morgan fingerprint density at radius 1 is 0.969 bits per heavy atom. The molecule has 2 heterocycles. The van der Waals surface area contributed by atoms with E-state index in [1.807, 2.05) is 23.1 Å². The largest absolute Gasteiger partial charge is 0.322 e. The molecule has 4 aromatic rings. The normalized spacial score (nSPS) is 14.9. The fraction of sp³-hybridized carbons (Fsp3) is 0.179. The molecule has 0 saturated carbocycles. The van der Waals surface area contributed by atoms with E-state index in [-0.39, 0.29) is 12.1 Å². The van der Waals surface area contributed by atoms with Gasteiger partial charge in [-0.25, -0.2) is 4.79 Å². The number of para-hydroxylation sites is 1. The van der Waals surface area contributed by atoms with E-state index >= 15 is 0 Å². The Labute approximate surface area is 189 Å². The number of fused-ring (bicyclic) bond motifs is 3. The van der Waals surface area contributed by atoms with Crippen LogP contribution in [0.4, 0.5) is 10.5 Å². The van der Waals surface area contributed by atoms with Crippen molar-refractivity contribution in [2.24, 2.45) is 0 Å². The number of aromatic nitrogens is 1. The summed E-state index contributed by atoms with van der Waals surface area (Å²) < 4.78 is 2.21. The molecule has 3 aromatic carbocycles. The van der Waals surface area contributed by atoms with Crippen LogP contribution in [0.1, 0.15) is 40.9 Å². The molecule has 1 aliphatic heterocycles. The lowest BCUT2D eigenvalue weighted by Crippen LogP contribution is -2.37. The van der Waals surface area contributed by atoms with Crippen LogP contribution in [0.15, 0.2) is 91.1 Å². The van der Waals surface area contributed by atoms with E-state index in [1.165, 1.54) is 11.1 Å². The summed E-state index contributed by atoms with van der Waals surface area (Å²) in [7, 11) is 0. The molecule has 0 fully saturated rings. The van der Waals surface area contributed by atoms with E-state index in [0.717, 1.165) is 34.6 Å². The number of urea groups is 1. The molecule has 1 atom stereocenters. The summed E-state index contributed by atoms with van der Waals surface area (Å²) in [6.45, 7) is 4.74. The predicted molar refractivity (Wildman–Crippen MR) is 129 cm³/mol. The molecule has 5 rings (SSSR count). The third-order valence-corrected chi connectivity index (χ3v) is 6.20. The van der Waals surface area contributed by atoms with Crippen LogP contribution in [-0.4, -0.2) is 15.5 Å². The lowest BCUT2D eigenvalue weighted by atomic mass is 10.00. The van der Waals surface area contributed by atoms with Crippen LogP contribution >= 0.6 is 0 Å². The molecular weight excluding hydrogens is 394 g/mol. The van der Waals surface area contributed by atoms with Crippen molar-refractivity contribution in [3.05, 3.63) is 119 Å². The number of rotatable bonds is 3. The van der Waals surface area contributed by atoms with Crippen molar-refractivity contribution in [3.63, 3.8) is 0 Å². The van der Waals surface area contributed by atoms with Gasteiger partial charge in [0.25, 0.3) is 0 Å². The molecule has 1 N–H and O–H groups in total. The van der Waals surface area contributed by atoms with Crippen LogP contribution in [0.25, 0.3) is 5.69 Å². The number of carbonyl (C=O) groups excluding carboxylic acids is 1. The molecule has 0 radical (unpaired) electrons. The quantitative estimate of drug-likeness (QED) is 0.404. The molecule has 1 aromatic heterocycles. The molecule has 1 aliphatic rings. The average Bonchev–Trinajstić information content (AvgIpc) is 3.23. The predicted octanol–water partition coefficient (Wildman–Crippen LogP) is 6.49. The monoisotopic (exact) mass is 421 g/mol. The van der Waals surface area contributed by atoms with E-state index in [1.54, 1.807) is 0 Å². The van der Waals surface area contributed by atoms with Crippen molar-refractivity contribution in [2.45, 2.75) is 32.9 Å². The standard InChI is InChI=1S/C28H27N3O/c1-3-21-13-15-24(16-14-21)29-28(32)31-19-23-9-4-5-11-25(23)30-17-7-12-26(30)27(31)22-10-6-8-20(2)18-22/h4-18,27H,3,19H2,1-2H3,(H,29,32)/t27-/m1/s1. The highest BCUT2D eigenvalue weighted by Crippen LogP contribution is 2.37. The number of nitrogens with zero attached hydrogens (tertiary/aromatic N) is 2. The third-order valence-electron chi connectivity index (χ3n) is 6.20. The highest BCUT2D eigenvalue weighted by Gasteiger charge is 2.33. The first-order chi connectivity index (χ1) is 15.6. The summed E-state index contributed by atoms with van der Waals surface area (Å²) in [5.41, 5.74) is 7.67. The second-order valence-electron chi connectivity index (χ2n) is 8.36. The molecule has 0 saturated heterocycles. The van der Waals surface area contributed by atoms with Gasteiger partial charge in [0.05, 0.1) is 18.3 Å². The van der Waals surface area contributed by atoms with Crippen molar-refractivity contribution >= 4 is 11.7 Å². The number of anilines is 1. The van der Waals surface area contributed by atoms with Crippen LogP contribution in [0, 0.1) is 6.92 Å². The molecule has 0 aliphatic carbocycles. The van der Waals surface area contributed by atoms with Gasteiger partial charge in [-0.2, -0.15) is 0 Å². The number of benzene rings is 3. The molecule has 32 heavy (non-hydrogen) atoms. The molecule has 4 heteroatoms. The van der Waals surface area contributed by atoms with E-state index in [2.05, 4.69) is 96.7 Å². The van der Waals surface area contributed by atoms with E-state index in [9.17, 15) is 4.79 Å². The zero-order valence-corrected chi connectivity index (χ0v) is 18.5. The van der Waals surface area contributed by atoms with Gasteiger partial charge >= 0.3 is 6.03 Å². The second-order valence-corrected chi connectivity index (χ2v) is 8.36. The molecule has 160 valence electrons. The van der Waals surface area contributed by atoms with E-state index < -0.39 is 0 Å². The Hall–Kier alpha value is -3.79. The van der Waals surface area contributed by atoms with Crippen molar-refractivity contribution in [1.82, 2.24) is 9.47 Å². The fourth-order valence-electron chi connectivity index (χ4n) is 4.55. The Morgan fingerprint density at radius 2 is 1.78 bits per heavy atom. The van der Waals surface area contributed by atoms with Crippen molar-refractivity contribution in [3.8, 4) is 5.69 Å². The minimum absolute atomic E-state index is 0.106. The average molecular weight is 422 g/mol. The van der Waals surface area contributed by atoms with Gasteiger partial charge in [0.2, 0.25) is 0 Å². The minimum Gasteiger partial charge on any atom is -0.318 e. The first kappa shape index (κ1) is 20.1. The van der Waals surface area contributed by atoms with E-state index in [4.69, 9.17) is 0 Å². The third kappa shape index (κ3) is 3.69. The summed E-state index contributed by atoms with van der Waals surface area (Å²) in [6.07, 6.45) is 3.06. The SMILES string of the molecule is CCc1ccc(NC(=O)N2Cc3ccccc3-n3cccc3[C@H]2c2cccc(C)c2)cc1. The van der Waals surface area contributed by atoms with Crippen LogP contribution in [0.2, 0.25) is 0 Å². The Kier molecular flexibility index (Phi) is 5.28. The minimum atomic E-state index is -0.202. The number of amides is 2. The van der Waals surface area contributed by atoms with Crippen LogP contribution in [0.5, 0.6) is 0 Å². The zero-order valence-electron chi connectivity index (χ0n) is 18.5. The molecule has 2 amide bonds. The first-order valence-corrected chi connectivity index (χ1v) is 11.1. The topological polar surface area (TPSA) is 37.3 Å². The first-order valence-electron chi connectivity index (χ1n) is 11.1. The van der Waals surface area contributed by atoms with E-state index in [0.29, 0.717) is 6.54 Å². The van der Waals surface area contributed by atoms with Gasteiger partial charge in [-0.15, -0.1) is 0 Å². The zero-order chi connectivity index (χ0) is 22.1. The molecular formula is C28H27N3O. The van der Waals surface area contributed by atoms with Crippen LogP contribution < -0.4 is 5.32 Å². The van der Waals surface area contributed by atoms with Gasteiger partial charge in [-0.1, -0.05) is 67.1 Å². The maximum Gasteiger partial charge on any atom is 0.322 e. The van der Waals surface area contributed by atoms with Crippen molar-refractivity contribution in [2.75, 3.05) is 5.32 Å². The number of carbonyl (C=O) groups is 1. The second kappa shape index (κ2) is 8.39. The van der Waals surface area contributed by atoms with Gasteiger partial charge in [0, 0.05) is 17.6 Å². The summed E-state index contributed by atoms with van der Waals surface area (Å²) in [4.78, 5) is 15.6. The maximum absolute atomic E-state index is 13.7. The lowest BCUT2D eigenvalue weighted by molar-refractivity contribution is 0.194. The summed E-state index contributed by atoms with van der Waals surface area (Å²) in [5, 5.41) is 3.14. The smallest absolute Gasteiger partial charge is 0.318 e. The summed E-state index contributed by atoms with van der Waals surface area (Å²) in [5.74, 6) is 0. The fourth-order valence-corrected chi connectivity index (χ4v) is 4.55. The Bertz CT molecular complexity index is 1260. The maximum atomic E-state index is 13.7. The van der Waals surface area contributed by atoms with Gasteiger partial charge in [0.1, 0.15) is 0 Å². The highest BCUT2D eigenvalue weighted by atomic mass is 16.2. The number of hydrogen-bond acceptors (Lipinski definition) is 1. The Morgan fingerprint density at radius 3 is 2.56 bits per heavy atom. The van der Waals surface area contributed by atoms with Crippen LogP contribution in [-0.2, 0) is 13.0 Å². The molecule has 4 nitrogen and oxygen atoms in total. The van der Waals surface area contributed by atoms with Gasteiger partial charge in [-0.05, 0) is 60.4 Å². The van der Waals surface area contributed by atoms with Crippen LogP contribution in [0.3, 0.4) is 0 Å². The number of nitrogens with one attached hydrogen (secondary N) is 1. The van der Waals surface area contributed by atoms with Crippen molar-refractivity contribution in [1.29, 1.82) is 0 Å². The number of hydrogen-bond donors (Lipinski definition) is 1. The van der Waals surface area contributed by atoms with Gasteiger partial charge < -0.3 is 14.8 Å².